The van der Waals surface area contributed by atoms with Gasteiger partial charge >= 0.3 is 0 Å². The second kappa shape index (κ2) is 9.43. The number of fused-ring (bicyclic) bond motifs is 1. The second-order valence-corrected chi connectivity index (χ2v) is 9.23. The lowest BCUT2D eigenvalue weighted by Crippen LogP contribution is -2.19. The van der Waals surface area contributed by atoms with Gasteiger partial charge in [-0.25, -0.2) is 0 Å². The van der Waals surface area contributed by atoms with Gasteiger partial charge in [0, 0.05) is 11.1 Å². The Labute approximate surface area is 186 Å². The number of allylic oxidation sites excluding steroid dienone is 12. The number of carbonyl (C=O) groups excluding carboxylic acids is 2. The maximum absolute atomic E-state index is 12.4. The fraction of sp³-hybridized carbons (Fsp3) is 0.310. The number of Topliss-reactive ketones (excluding diaryl/α,β-unsaturated/α-hetero) is 2. The van der Waals surface area contributed by atoms with Gasteiger partial charge in [0.25, 0.3) is 0 Å². The molecule has 0 bridgehead atoms. The predicted octanol–water partition coefficient (Wildman–Crippen LogP) is 7.52. The SMILES string of the molecule is CC1=C(/C=C/C(C)=C/C=C/C(C)=C/C=C2C(=O)c3ccccc3C2=O)C(C)(C)CCC1. The molecule has 0 unspecified atom stereocenters. The Hall–Kier alpha value is -3.00. The summed E-state index contributed by atoms with van der Waals surface area (Å²) in [6.45, 7) is 11.0. The molecule has 0 spiro atoms. The van der Waals surface area contributed by atoms with Crippen molar-refractivity contribution in [1.82, 2.24) is 0 Å². The third-order valence-electron chi connectivity index (χ3n) is 6.19. The highest BCUT2D eigenvalue weighted by molar-refractivity contribution is 6.39. The van der Waals surface area contributed by atoms with Gasteiger partial charge in [0.15, 0.2) is 11.6 Å². The van der Waals surface area contributed by atoms with Crippen LogP contribution in [0.15, 0.2) is 94.7 Å². The van der Waals surface area contributed by atoms with Crippen LogP contribution < -0.4 is 0 Å². The average molecular weight is 413 g/mol. The topological polar surface area (TPSA) is 34.1 Å². The largest absolute Gasteiger partial charge is 0.288 e. The summed E-state index contributed by atoms with van der Waals surface area (Å²) >= 11 is 0. The van der Waals surface area contributed by atoms with Crippen molar-refractivity contribution in [3.63, 3.8) is 0 Å². The average Bonchev–Trinajstić information content (AvgIpc) is 2.96. The van der Waals surface area contributed by atoms with E-state index in [1.807, 2.05) is 25.2 Å². The Balaban J connectivity index is 1.67. The highest BCUT2D eigenvalue weighted by Gasteiger charge is 2.32. The van der Waals surface area contributed by atoms with Crippen LogP contribution in [0.2, 0.25) is 0 Å². The van der Waals surface area contributed by atoms with Crippen molar-refractivity contribution in [2.24, 2.45) is 5.41 Å². The molecule has 0 heterocycles. The van der Waals surface area contributed by atoms with E-state index in [1.54, 1.807) is 30.3 Å². The lowest BCUT2D eigenvalue weighted by Gasteiger charge is -2.32. The summed E-state index contributed by atoms with van der Waals surface area (Å²) in [6.07, 6.45) is 17.7. The van der Waals surface area contributed by atoms with E-state index in [9.17, 15) is 9.59 Å². The fourth-order valence-electron chi connectivity index (χ4n) is 4.33. The Bertz CT molecular complexity index is 1040. The quantitative estimate of drug-likeness (QED) is 0.285. The van der Waals surface area contributed by atoms with Crippen LogP contribution in [-0.2, 0) is 0 Å². The maximum atomic E-state index is 12.4. The van der Waals surface area contributed by atoms with Crippen LogP contribution in [0, 0.1) is 5.41 Å². The van der Waals surface area contributed by atoms with E-state index >= 15 is 0 Å². The molecular formula is C29H32O2. The van der Waals surface area contributed by atoms with Gasteiger partial charge in [0.05, 0.1) is 5.57 Å². The molecule has 160 valence electrons. The number of ketones is 2. The number of hydrogen-bond acceptors (Lipinski definition) is 2. The van der Waals surface area contributed by atoms with Crippen LogP contribution in [0.1, 0.15) is 74.6 Å². The van der Waals surface area contributed by atoms with Crippen molar-refractivity contribution in [2.45, 2.75) is 53.9 Å². The van der Waals surface area contributed by atoms with Gasteiger partial charge in [-0.2, -0.15) is 0 Å². The first-order valence-electron chi connectivity index (χ1n) is 11.0. The van der Waals surface area contributed by atoms with Crippen LogP contribution >= 0.6 is 0 Å². The molecule has 0 saturated carbocycles. The van der Waals surface area contributed by atoms with Crippen molar-refractivity contribution in [3.05, 3.63) is 106 Å². The maximum Gasteiger partial charge on any atom is 0.197 e. The summed E-state index contributed by atoms with van der Waals surface area (Å²) in [4.78, 5) is 24.9. The second-order valence-electron chi connectivity index (χ2n) is 9.23. The molecular weight excluding hydrogens is 380 g/mol. The first-order chi connectivity index (χ1) is 14.7. The molecule has 2 aliphatic rings. The molecule has 1 aromatic rings. The van der Waals surface area contributed by atoms with Crippen molar-refractivity contribution in [1.29, 1.82) is 0 Å². The standard InChI is InChI=1S/C29H32O2/c1-20(15-17-25-27(30)23-13-6-7-14-24(23)28(25)31)10-8-11-21(2)16-18-26-22(3)12-9-19-29(26,4)5/h6-8,10-11,13-18H,9,12,19H2,1-5H3/b10-8+,18-16+,20-15+,21-11+. The number of hydrogen-bond donors (Lipinski definition) is 0. The molecule has 31 heavy (non-hydrogen) atoms. The molecule has 1 aromatic carbocycles. The minimum Gasteiger partial charge on any atom is -0.288 e. The summed E-state index contributed by atoms with van der Waals surface area (Å²) in [5, 5.41) is 0. The molecule has 2 heteroatoms. The van der Waals surface area contributed by atoms with E-state index in [4.69, 9.17) is 0 Å². The lowest BCUT2D eigenvalue weighted by molar-refractivity contribution is 0.0989. The molecule has 0 radical (unpaired) electrons. The van der Waals surface area contributed by atoms with Gasteiger partial charge < -0.3 is 0 Å². The zero-order chi connectivity index (χ0) is 22.6. The zero-order valence-corrected chi connectivity index (χ0v) is 19.3. The monoisotopic (exact) mass is 412 g/mol. The van der Waals surface area contributed by atoms with E-state index in [2.05, 4.69) is 45.9 Å². The highest BCUT2D eigenvalue weighted by Crippen LogP contribution is 2.40. The zero-order valence-electron chi connectivity index (χ0n) is 19.3. The molecule has 0 fully saturated rings. The summed E-state index contributed by atoms with van der Waals surface area (Å²) in [7, 11) is 0. The van der Waals surface area contributed by atoms with Crippen molar-refractivity contribution in [2.75, 3.05) is 0 Å². The summed E-state index contributed by atoms with van der Waals surface area (Å²) in [6, 6.07) is 6.99. The molecule has 0 N–H and O–H groups in total. The molecule has 0 atom stereocenters. The van der Waals surface area contributed by atoms with Crippen molar-refractivity contribution >= 4 is 11.6 Å². The van der Waals surface area contributed by atoms with Crippen LogP contribution in [-0.4, -0.2) is 11.6 Å². The molecule has 2 nitrogen and oxygen atoms in total. The molecule has 3 rings (SSSR count). The Morgan fingerprint density at radius 2 is 1.55 bits per heavy atom. The van der Waals surface area contributed by atoms with E-state index in [0.29, 0.717) is 11.1 Å². The predicted molar refractivity (Wildman–Crippen MR) is 129 cm³/mol. The first-order valence-corrected chi connectivity index (χ1v) is 11.0. The first kappa shape index (κ1) is 22.7. The minimum absolute atomic E-state index is 0.190. The van der Waals surface area contributed by atoms with E-state index in [-0.39, 0.29) is 22.6 Å². The van der Waals surface area contributed by atoms with Gasteiger partial charge in [-0.3, -0.25) is 9.59 Å². The van der Waals surface area contributed by atoms with Gasteiger partial charge in [-0.15, -0.1) is 0 Å². The molecule has 2 aliphatic carbocycles. The molecule has 0 aliphatic heterocycles. The third-order valence-corrected chi connectivity index (χ3v) is 6.19. The smallest absolute Gasteiger partial charge is 0.197 e. The summed E-state index contributed by atoms with van der Waals surface area (Å²) < 4.78 is 0. The lowest BCUT2D eigenvalue weighted by atomic mass is 9.72. The van der Waals surface area contributed by atoms with Gasteiger partial charge in [-0.1, -0.05) is 91.3 Å². The van der Waals surface area contributed by atoms with Crippen LogP contribution in [0.5, 0.6) is 0 Å². The highest BCUT2D eigenvalue weighted by atomic mass is 16.2. The van der Waals surface area contributed by atoms with Crippen LogP contribution in [0.3, 0.4) is 0 Å². The van der Waals surface area contributed by atoms with Crippen LogP contribution in [0.25, 0.3) is 0 Å². The van der Waals surface area contributed by atoms with Crippen molar-refractivity contribution in [3.8, 4) is 0 Å². The van der Waals surface area contributed by atoms with E-state index in [1.165, 1.54) is 36.0 Å². The Kier molecular flexibility index (Phi) is 6.90. The molecule has 0 aromatic heterocycles. The van der Waals surface area contributed by atoms with Crippen molar-refractivity contribution < 1.29 is 9.59 Å². The van der Waals surface area contributed by atoms with E-state index < -0.39 is 0 Å². The fourth-order valence-corrected chi connectivity index (χ4v) is 4.33. The Morgan fingerprint density at radius 1 is 0.935 bits per heavy atom. The number of carbonyl (C=O) groups is 2. The minimum atomic E-state index is -0.190. The number of rotatable bonds is 5. The van der Waals surface area contributed by atoms with Gasteiger partial charge in [0.2, 0.25) is 0 Å². The van der Waals surface area contributed by atoms with E-state index in [0.717, 1.165) is 5.57 Å². The third kappa shape index (κ3) is 5.19. The van der Waals surface area contributed by atoms with Crippen LogP contribution in [0.4, 0.5) is 0 Å². The normalized spacial score (nSPS) is 19.7. The molecule has 0 saturated heterocycles. The summed E-state index contributed by atoms with van der Waals surface area (Å²) in [5.41, 5.74) is 6.60. The van der Waals surface area contributed by atoms with Gasteiger partial charge in [0.1, 0.15) is 0 Å². The van der Waals surface area contributed by atoms with Gasteiger partial charge in [-0.05, 0) is 57.1 Å². The summed E-state index contributed by atoms with van der Waals surface area (Å²) in [5.74, 6) is -0.380. The molecule has 0 amide bonds. The Morgan fingerprint density at radius 3 is 2.16 bits per heavy atom. The number of benzene rings is 1.